The maximum Gasteiger partial charge on any atom is 0.310 e. The second kappa shape index (κ2) is 13.7. The number of fused-ring (bicyclic) bond motifs is 1. The molecule has 0 saturated carbocycles. The first kappa shape index (κ1) is 30.2. The summed E-state index contributed by atoms with van der Waals surface area (Å²) in [6, 6.07) is -1.21. The van der Waals surface area contributed by atoms with Crippen LogP contribution in [0.3, 0.4) is 0 Å². The van der Waals surface area contributed by atoms with Gasteiger partial charge in [0.05, 0.1) is 35.8 Å². The molecule has 3 heterocycles. The van der Waals surface area contributed by atoms with E-state index in [2.05, 4.69) is 36.0 Å². The smallest absolute Gasteiger partial charge is 0.310 e. The molecule has 3 fully saturated rings. The zero-order valence-corrected chi connectivity index (χ0v) is 24.7. The van der Waals surface area contributed by atoms with Gasteiger partial charge in [-0.2, -0.15) is 0 Å². The van der Waals surface area contributed by atoms with E-state index in [0.29, 0.717) is 32.5 Å². The normalized spacial score (nSPS) is 30.8. The number of unbranched alkanes of at least 4 members (excludes halogenated alkanes) is 4. The van der Waals surface area contributed by atoms with Gasteiger partial charge >= 0.3 is 5.97 Å². The zero-order chi connectivity index (χ0) is 27.2. The average Bonchev–Trinajstić information content (AvgIpc) is 3.47. The van der Waals surface area contributed by atoms with Gasteiger partial charge in [0.1, 0.15) is 6.04 Å². The number of aliphatic hydroxyl groups is 1. The molecule has 208 valence electrons. The molecule has 0 aromatic carbocycles. The van der Waals surface area contributed by atoms with Crippen LogP contribution in [-0.2, 0) is 19.1 Å². The highest BCUT2D eigenvalue weighted by atomic mass is 79.9. The third-order valence-electron chi connectivity index (χ3n) is 8.05. The van der Waals surface area contributed by atoms with Gasteiger partial charge in [0.15, 0.2) is 0 Å². The fourth-order valence-corrected chi connectivity index (χ4v) is 9.84. The van der Waals surface area contributed by atoms with Crippen LogP contribution in [0.2, 0.25) is 0 Å². The van der Waals surface area contributed by atoms with Gasteiger partial charge in [0.2, 0.25) is 11.8 Å². The number of esters is 1. The van der Waals surface area contributed by atoms with Crippen molar-refractivity contribution in [3.05, 3.63) is 25.3 Å². The molecule has 2 bridgehead atoms. The Balaban J connectivity index is 1.95. The number of carbonyl (C=O) groups excluding carboxylic acids is 3. The van der Waals surface area contributed by atoms with E-state index in [-0.39, 0.29) is 34.5 Å². The summed E-state index contributed by atoms with van der Waals surface area (Å²) in [4.78, 5) is 45.2. The van der Waals surface area contributed by atoms with Gasteiger partial charge in [-0.05, 0) is 38.5 Å². The van der Waals surface area contributed by atoms with Crippen molar-refractivity contribution < 1.29 is 24.2 Å². The summed E-state index contributed by atoms with van der Waals surface area (Å²) in [7, 11) is 0. The Bertz CT molecular complexity index is 852. The van der Waals surface area contributed by atoms with Crippen molar-refractivity contribution >= 4 is 45.5 Å². The van der Waals surface area contributed by atoms with Gasteiger partial charge in [-0.15, -0.1) is 24.9 Å². The summed E-state index contributed by atoms with van der Waals surface area (Å²) < 4.78 is 4.96. The molecule has 0 radical (unpaired) electrons. The molecule has 0 aliphatic carbocycles. The summed E-state index contributed by atoms with van der Waals surface area (Å²) in [5.41, 5.74) is 0. The van der Waals surface area contributed by atoms with Crippen molar-refractivity contribution in [3.63, 3.8) is 0 Å². The molecule has 3 saturated heterocycles. The number of nitrogens with zero attached hydrogens (tertiary/aromatic N) is 2. The van der Waals surface area contributed by atoms with Crippen LogP contribution in [0.1, 0.15) is 65.2 Å². The van der Waals surface area contributed by atoms with Gasteiger partial charge in [-0.1, -0.05) is 54.8 Å². The zero-order valence-electron chi connectivity index (χ0n) is 22.3. The lowest BCUT2D eigenvalue weighted by Crippen LogP contribution is -2.57. The van der Waals surface area contributed by atoms with Crippen LogP contribution in [0, 0.1) is 11.8 Å². The van der Waals surface area contributed by atoms with Crippen LogP contribution >= 0.6 is 27.7 Å². The highest BCUT2D eigenvalue weighted by Crippen LogP contribution is 2.68. The van der Waals surface area contributed by atoms with E-state index in [4.69, 9.17) is 4.74 Å². The number of allylic oxidation sites excluding steroid dienone is 1. The van der Waals surface area contributed by atoms with E-state index in [1.54, 1.807) is 27.6 Å². The first-order valence-corrected chi connectivity index (χ1v) is 15.5. The van der Waals surface area contributed by atoms with E-state index in [1.807, 2.05) is 13.0 Å². The fraction of sp³-hybridized carbons (Fsp3) is 0.750. The molecular formula is C28H43BrN2O5S. The van der Waals surface area contributed by atoms with E-state index in [1.165, 1.54) is 0 Å². The number of alkyl halides is 1. The van der Waals surface area contributed by atoms with Gasteiger partial charge in [-0.25, -0.2) is 0 Å². The first-order chi connectivity index (χ1) is 17.8. The highest BCUT2D eigenvalue weighted by Gasteiger charge is 2.76. The Morgan fingerprint density at radius 2 is 2.03 bits per heavy atom. The molecule has 0 aromatic rings. The Morgan fingerprint density at radius 3 is 2.65 bits per heavy atom. The van der Waals surface area contributed by atoms with Gasteiger partial charge in [-0.3, -0.25) is 14.4 Å². The third-order valence-corrected chi connectivity index (χ3v) is 11.3. The number of thioether (sulfide) groups is 1. The number of likely N-dealkylation sites (tertiary alicyclic amines) is 1. The number of carbonyl (C=O) groups is 3. The lowest BCUT2D eigenvalue weighted by molar-refractivity contribution is -0.154. The number of hydrogen-bond acceptors (Lipinski definition) is 6. The highest BCUT2D eigenvalue weighted by molar-refractivity contribution is 9.09. The van der Waals surface area contributed by atoms with Crippen LogP contribution < -0.4 is 0 Å². The van der Waals surface area contributed by atoms with E-state index in [0.717, 1.165) is 38.5 Å². The summed E-state index contributed by atoms with van der Waals surface area (Å²) >= 11 is 5.39. The van der Waals surface area contributed by atoms with E-state index >= 15 is 0 Å². The first-order valence-electron chi connectivity index (χ1n) is 13.7. The van der Waals surface area contributed by atoms with Gasteiger partial charge in [0.25, 0.3) is 0 Å². The van der Waals surface area contributed by atoms with Crippen molar-refractivity contribution in [2.75, 3.05) is 26.3 Å². The second-order valence-electron chi connectivity index (χ2n) is 10.4. The topological polar surface area (TPSA) is 87.2 Å². The van der Waals surface area contributed by atoms with Crippen LogP contribution in [0.25, 0.3) is 0 Å². The van der Waals surface area contributed by atoms with Crippen molar-refractivity contribution in [2.24, 2.45) is 11.8 Å². The summed E-state index contributed by atoms with van der Waals surface area (Å²) in [5, 5.41) is 10.1. The number of aliphatic hydroxyl groups excluding tert-OH is 1. The summed E-state index contributed by atoms with van der Waals surface area (Å²) in [6.07, 6.45) is 10.1. The summed E-state index contributed by atoms with van der Waals surface area (Å²) in [5.74, 6) is -1.90. The largest absolute Gasteiger partial charge is 0.465 e. The maximum absolute atomic E-state index is 14.3. The standard InChI is InChI=1S/C28H43BrN2O5S/c1-5-9-11-13-16-36-27(35)21-22-25(33)31(19(8-4)18-32)24(28(22)17-20(29)23(21)37-28)26(34)30(14-7-3)15-12-10-6-2/h5,7,19-24,32H,1,3,6,8-18H2,2,4H3/t19-,20?,21+,22-,23+,24?,28?/m0/s1. The minimum atomic E-state index is -0.732. The molecule has 7 nitrogen and oxygen atoms in total. The van der Waals surface area contributed by atoms with Crippen molar-refractivity contribution in [3.8, 4) is 0 Å². The van der Waals surface area contributed by atoms with Crippen LogP contribution in [-0.4, -0.2) is 85.9 Å². The Hall–Kier alpha value is -1.32. The monoisotopic (exact) mass is 598 g/mol. The Morgan fingerprint density at radius 1 is 1.27 bits per heavy atom. The number of halogens is 1. The average molecular weight is 600 g/mol. The molecule has 7 atom stereocenters. The molecular weight excluding hydrogens is 556 g/mol. The third kappa shape index (κ3) is 5.83. The van der Waals surface area contributed by atoms with E-state index < -0.39 is 28.7 Å². The van der Waals surface area contributed by atoms with Crippen molar-refractivity contribution in [1.82, 2.24) is 9.80 Å². The molecule has 0 aromatic heterocycles. The number of hydrogen-bond donors (Lipinski definition) is 1. The lowest BCUT2D eigenvalue weighted by Gasteiger charge is -2.39. The molecule has 9 heteroatoms. The number of rotatable bonds is 16. The van der Waals surface area contributed by atoms with Crippen LogP contribution in [0.4, 0.5) is 0 Å². The minimum Gasteiger partial charge on any atom is -0.465 e. The predicted octanol–water partition coefficient (Wildman–Crippen LogP) is 4.33. The number of ether oxygens (including phenoxy) is 1. The lowest BCUT2D eigenvalue weighted by atomic mass is 9.71. The minimum absolute atomic E-state index is 0.00253. The Kier molecular flexibility index (Phi) is 11.2. The molecule has 1 spiro atoms. The predicted molar refractivity (Wildman–Crippen MR) is 152 cm³/mol. The molecule has 3 rings (SSSR count). The van der Waals surface area contributed by atoms with Gasteiger partial charge < -0.3 is 19.6 Å². The molecule has 1 N–H and O–H groups in total. The van der Waals surface area contributed by atoms with Crippen molar-refractivity contribution in [1.29, 1.82) is 0 Å². The fourth-order valence-electron chi connectivity index (χ4n) is 6.26. The quantitative estimate of drug-likeness (QED) is 0.123. The van der Waals surface area contributed by atoms with Gasteiger partial charge in [0, 0.05) is 23.2 Å². The SMILES string of the molecule is C=CCCCCOC(=O)[C@H]1[C@@H]2SC3(CC2Br)C(C(=O)N(CC=C)CCCCC)N([C@@H](CC)CO)C(=O)[C@H]13. The molecule has 37 heavy (non-hydrogen) atoms. The Labute approximate surface area is 234 Å². The summed E-state index contributed by atoms with van der Waals surface area (Å²) in [6.45, 7) is 12.7. The van der Waals surface area contributed by atoms with Crippen LogP contribution in [0.5, 0.6) is 0 Å². The van der Waals surface area contributed by atoms with Crippen molar-refractivity contribution in [2.45, 2.75) is 92.1 Å². The number of amides is 2. The second-order valence-corrected chi connectivity index (χ2v) is 13.1. The molecule has 2 amide bonds. The molecule has 3 aliphatic heterocycles. The maximum atomic E-state index is 14.3. The molecule has 3 aliphatic rings. The van der Waals surface area contributed by atoms with Crippen LogP contribution in [0.15, 0.2) is 25.3 Å². The van der Waals surface area contributed by atoms with E-state index in [9.17, 15) is 19.5 Å². The molecule has 3 unspecified atom stereocenters.